The highest BCUT2D eigenvalue weighted by atomic mass is 32.1. The molecule has 1 fully saturated rings. The summed E-state index contributed by atoms with van der Waals surface area (Å²) in [5.74, 6) is -0.124. The average molecular weight is 253 g/mol. The molecule has 6 heteroatoms. The summed E-state index contributed by atoms with van der Waals surface area (Å²) < 4.78 is 0. The Morgan fingerprint density at radius 1 is 1.29 bits per heavy atom. The van der Waals surface area contributed by atoms with Crippen molar-refractivity contribution in [1.82, 2.24) is 15.5 Å². The number of hydrogen-bond acceptors (Lipinski definition) is 4. The molecule has 2 heterocycles. The SMILES string of the molecule is CNC(=O)c1ccc(C(=O)N2CCNCC2)s1. The molecule has 2 amide bonds. The number of piperazine rings is 1. The lowest BCUT2D eigenvalue weighted by Gasteiger charge is -2.26. The van der Waals surface area contributed by atoms with Crippen LogP contribution < -0.4 is 10.6 Å². The van der Waals surface area contributed by atoms with Crippen molar-refractivity contribution in [3.8, 4) is 0 Å². The number of rotatable bonds is 2. The number of carbonyl (C=O) groups excluding carboxylic acids is 2. The molecule has 5 nitrogen and oxygen atoms in total. The molecule has 0 spiro atoms. The first-order chi connectivity index (χ1) is 8.22. The van der Waals surface area contributed by atoms with Crippen LogP contribution in [0, 0.1) is 0 Å². The van der Waals surface area contributed by atoms with E-state index in [9.17, 15) is 9.59 Å². The summed E-state index contributed by atoms with van der Waals surface area (Å²) in [4.78, 5) is 26.5. The number of amides is 2. The van der Waals surface area contributed by atoms with E-state index in [0.29, 0.717) is 9.75 Å². The van der Waals surface area contributed by atoms with Gasteiger partial charge >= 0.3 is 0 Å². The highest BCUT2D eigenvalue weighted by Crippen LogP contribution is 2.18. The van der Waals surface area contributed by atoms with Gasteiger partial charge in [-0.25, -0.2) is 0 Å². The zero-order valence-electron chi connectivity index (χ0n) is 9.66. The van der Waals surface area contributed by atoms with Gasteiger partial charge in [-0.3, -0.25) is 9.59 Å². The van der Waals surface area contributed by atoms with E-state index in [0.717, 1.165) is 26.2 Å². The monoisotopic (exact) mass is 253 g/mol. The Morgan fingerprint density at radius 2 is 1.94 bits per heavy atom. The van der Waals surface area contributed by atoms with Gasteiger partial charge in [0.25, 0.3) is 11.8 Å². The minimum Gasteiger partial charge on any atom is -0.354 e. The third-order valence-corrected chi connectivity index (χ3v) is 3.74. The van der Waals surface area contributed by atoms with Gasteiger partial charge < -0.3 is 15.5 Å². The van der Waals surface area contributed by atoms with Gasteiger partial charge in [-0.2, -0.15) is 0 Å². The minimum absolute atomic E-state index is 0.0200. The van der Waals surface area contributed by atoms with Crippen LogP contribution in [-0.2, 0) is 0 Å². The minimum atomic E-state index is -0.144. The van der Waals surface area contributed by atoms with E-state index >= 15 is 0 Å². The summed E-state index contributed by atoms with van der Waals surface area (Å²) in [5.41, 5.74) is 0. The average Bonchev–Trinajstić information content (AvgIpc) is 2.87. The molecule has 0 saturated carbocycles. The standard InChI is InChI=1S/C11H15N3O2S/c1-12-10(15)8-2-3-9(17-8)11(16)14-6-4-13-5-7-14/h2-3,13H,4-7H2,1H3,(H,12,15). The quantitative estimate of drug-likeness (QED) is 0.789. The van der Waals surface area contributed by atoms with Crippen LogP contribution in [0.25, 0.3) is 0 Å². The molecule has 1 aromatic heterocycles. The van der Waals surface area contributed by atoms with Gasteiger partial charge in [-0.05, 0) is 12.1 Å². The molecular weight excluding hydrogens is 238 g/mol. The molecule has 2 rings (SSSR count). The Bertz CT molecular complexity index is 424. The van der Waals surface area contributed by atoms with Crippen molar-refractivity contribution in [2.24, 2.45) is 0 Å². The maximum atomic E-state index is 12.1. The largest absolute Gasteiger partial charge is 0.354 e. The number of nitrogens with one attached hydrogen (secondary N) is 2. The van der Waals surface area contributed by atoms with Crippen molar-refractivity contribution in [2.75, 3.05) is 33.2 Å². The van der Waals surface area contributed by atoms with Crippen LogP contribution in [0.4, 0.5) is 0 Å². The predicted molar refractivity (Wildman–Crippen MR) is 66.5 cm³/mol. The van der Waals surface area contributed by atoms with Crippen molar-refractivity contribution in [2.45, 2.75) is 0 Å². The van der Waals surface area contributed by atoms with Crippen LogP contribution in [0.2, 0.25) is 0 Å². The maximum Gasteiger partial charge on any atom is 0.264 e. The molecule has 1 aliphatic rings. The number of nitrogens with zero attached hydrogens (tertiary/aromatic N) is 1. The Morgan fingerprint density at radius 3 is 2.59 bits per heavy atom. The van der Waals surface area contributed by atoms with Gasteiger partial charge in [-0.1, -0.05) is 0 Å². The molecule has 1 saturated heterocycles. The van der Waals surface area contributed by atoms with E-state index in [1.807, 2.05) is 4.90 Å². The lowest BCUT2D eigenvalue weighted by Crippen LogP contribution is -2.46. The molecule has 0 atom stereocenters. The molecule has 0 bridgehead atoms. The summed E-state index contributed by atoms with van der Waals surface area (Å²) >= 11 is 1.24. The number of thiophene rings is 1. The van der Waals surface area contributed by atoms with Gasteiger partial charge in [0.15, 0.2) is 0 Å². The van der Waals surface area contributed by atoms with E-state index in [4.69, 9.17) is 0 Å². The van der Waals surface area contributed by atoms with Gasteiger partial charge in [-0.15, -0.1) is 11.3 Å². The Labute approximate surface area is 104 Å². The Balaban J connectivity index is 2.08. The van der Waals surface area contributed by atoms with Gasteiger partial charge in [0, 0.05) is 33.2 Å². The highest BCUT2D eigenvalue weighted by molar-refractivity contribution is 7.15. The Kier molecular flexibility index (Phi) is 3.75. The summed E-state index contributed by atoms with van der Waals surface area (Å²) in [6.07, 6.45) is 0. The third kappa shape index (κ3) is 2.65. The molecule has 0 radical (unpaired) electrons. The third-order valence-electron chi connectivity index (χ3n) is 2.67. The Hall–Kier alpha value is -1.40. The highest BCUT2D eigenvalue weighted by Gasteiger charge is 2.20. The fourth-order valence-corrected chi connectivity index (χ4v) is 2.64. The van der Waals surface area contributed by atoms with Crippen LogP contribution >= 0.6 is 11.3 Å². The molecule has 92 valence electrons. The van der Waals surface area contributed by atoms with Crippen LogP contribution in [0.5, 0.6) is 0 Å². The number of carbonyl (C=O) groups is 2. The second-order valence-electron chi connectivity index (χ2n) is 3.79. The summed E-state index contributed by atoms with van der Waals surface area (Å²) in [6.45, 7) is 3.12. The first-order valence-corrected chi connectivity index (χ1v) is 6.36. The molecule has 1 aromatic rings. The fourth-order valence-electron chi connectivity index (χ4n) is 1.72. The van der Waals surface area contributed by atoms with Gasteiger partial charge in [0.1, 0.15) is 0 Å². The van der Waals surface area contributed by atoms with E-state index in [1.54, 1.807) is 19.2 Å². The van der Waals surface area contributed by atoms with Crippen molar-refractivity contribution >= 4 is 23.2 Å². The van der Waals surface area contributed by atoms with Gasteiger partial charge in [0.2, 0.25) is 0 Å². The lowest BCUT2D eigenvalue weighted by molar-refractivity contribution is 0.0740. The predicted octanol–water partition coefficient (Wildman–Crippen LogP) is 0.153. The van der Waals surface area contributed by atoms with Crippen molar-refractivity contribution in [1.29, 1.82) is 0 Å². The van der Waals surface area contributed by atoms with Crippen molar-refractivity contribution in [3.05, 3.63) is 21.9 Å². The molecule has 17 heavy (non-hydrogen) atoms. The number of hydrogen-bond donors (Lipinski definition) is 2. The zero-order valence-corrected chi connectivity index (χ0v) is 10.5. The molecule has 2 N–H and O–H groups in total. The van der Waals surface area contributed by atoms with Gasteiger partial charge in [0.05, 0.1) is 9.75 Å². The topological polar surface area (TPSA) is 61.4 Å². The van der Waals surface area contributed by atoms with Crippen LogP contribution in [0.3, 0.4) is 0 Å². The fraction of sp³-hybridized carbons (Fsp3) is 0.455. The van der Waals surface area contributed by atoms with Crippen molar-refractivity contribution < 1.29 is 9.59 Å². The van der Waals surface area contributed by atoms with Crippen LogP contribution in [0.15, 0.2) is 12.1 Å². The molecule has 1 aliphatic heterocycles. The molecular formula is C11H15N3O2S. The van der Waals surface area contributed by atoms with E-state index in [1.165, 1.54) is 11.3 Å². The van der Waals surface area contributed by atoms with E-state index in [2.05, 4.69) is 10.6 Å². The first kappa shape index (κ1) is 12.1. The maximum absolute atomic E-state index is 12.1. The molecule has 0 unspecified atom stereocenters. The van der Waals surface area contributed by atoms with E-state index in [-0.39, 0.29) is 11.8 Å². The summed E-state index contributed by atoms with van der Waals surface area (Å²) in [5, 5.41) is 5.75. The second-order valence-corrected chi connectivity index (χ2v) is 4.87. The van der Waals surface area contributed by atoms with E-state index < -0.39 is 0 Å². The van der Waals surface area contributed by atoms with Crippen LogP contribution in [-0.4, -0.2) is 49.9 Å². The zero-order chi connectivity index (χ0) is 12.3. The first-order valence-electron chi connectivity index (χ1n) is 5.54. The summed E-state index contributed by atoms with van der Waals surface area (Å²) in [7, 11) is 1.58. The lowest BCUT2D eigenvalue weighted by atomic mass is 10.3. The normalized spacial score (nSPS) is 15.7. The molecule has 0 aromatic carbocycles. The smallest absolute Gasteiger partial charge is 0.264 e. The van der Waals surface area contributed by atoms with Crippen molar-refractivity contribution in [3.63, 3.8) is 0 Å². The van der Waals surface area contributed by atoms with Crippen LogP contribution in [0.1, 0.15) is 19.3 Å². The molecule has 0 aliphatic carbocycles. The summed E-state index contributed by atoms with van der Waals surface area (Å²) in [6, 6.07) is 3.42. The second kappa shape index (κ2) is 5.29.